The maximum Gasteiger partial charge on any atom is 0.0602 e. The first-order chi connectivity index (χ1) is 10.4. The van der Waals surface area contributed by atoms with Crippen LogP contribution in [0.2, 0.25) is 0 Å². The number of benzene rings is 3. The van der Waals surface area contributed by atoms with E-state index in [4.69, 9.17) is 5.21 Å². The fourth-order valence-electron chi connectivity index (χ4n) is 2.62. The van der Waals surface area contributed by atoms with Crippen LogP contribution >= 0.6 is 0 Å². The summed E-state index contributed by atoms with van der Waals surface area (Å²) in [5.41, 5.74) is 6.58. The average Bonchev–Trinajstić information content (AvgIpc) is 2.58. The third kappa shape index (κ3) is 2.96. The minimum Gasteiger partial charge on any atom is -0.291 e. The third-order valence-corrected chi connectivity index (χ3v) is 3.64. The van der Waals surface area contributed by atoms with Gasteiger partial charge in [0.25, 0.3) is 0 Å². The van der Waals surface area contributed by atoms with Gasteiger partial charge in [-0.2, -0.15) is 0 Å². The molecule has 0 saturated heterocycles. The van der Waals surface area contributed by atoms with Gasteiger partial charge in [0, 0.05) is 5.92 Å². The van der Waals surface area contributed by atoms with Crippen molar-refractivity contribution >= 4 is 5.69 Å². The van der Waals surface area contributed by atoms with Gasteiger partial charge in [-0.3, -0.25) is 10.7 Å². The van der Waals surface area contributed by atoms with Crippen LogP contribution in [0.25, 0.3) is 0 Å². The van der Waals surface area contributed by atoms with E-state index in [0.29, 0.717) is 5.69 Å². The fraction of sp³-hybridized carbons (Fsp3) is 0.0526. The van der Waals surface area contributed by atoms with Gasteiger partial charge in [-0.1, -0.05) is 72.8 Å². The Labute approximate surface area is 124 Å². The molecule has 0 radical (unpaired) electrons. The molecule has 0 aliphatic carbocycles. The Morgan fingerprint density at radius 3 is 1.43 bits per heavy atom. The van der Waals surface area contributed by atoms with Gasteiger partial charge in [0.05, 0.1) is 5.69 Å². The molecule has 3 aromatic carbocycles. The zero-order chi connectivity index (χ0) is 14.5. The number of hydrogen-bond acceptors (Lipinski definition) is 2. The highest BCUT2D eigenvalue weighted by Gasteiger charge is 2.15. The van der Waals surface area contributed by atoms with E-state index in [9.17, 15) is 0 Å². The van der Waals surface area contributed by atoms with E-state index < -0.39 is 0 Å². The van der Waals surface area contributed by atoms with Crippen molar-refractivity contribution in [2.75, 3.05) is 5.48 Å². The van der Waals surface area contributed by atoms with Gasteiger partial charge in [0.15, 0.2) is 0 Å². The highest BCUT2D eigenvalue weighted by atomic mass is 16.5. The van der Waals surface area contributed by atoms with E-state index in [-0.39, 0.29) is 5.92 Å². The zero-order valence-corrected chi connectivity index (χ0v) is 11.6. The number of rotatable bonds is 4. The summed E-state index contributed by atoms with van der Waals surface area (Å²) in [4.78, 5) is 0. The summed E-state index contributed by atoms with van der Waals surface area (Å²) < 4.78 is 0. The van der Waals surface area contributed by atoms with Gasteiger partial charge in [-0.15, -0.1) is 0 Å². The predicted octanol–water partition coefficient (Wildman–Crippen LogP) is 4.67. The molecule has 0 atom stereocenters. The molecule has 2 N–H and O–H groups in total. The number of anilines is 1. The molecule has 3 aromatic rings. The van der Waals surface area contributed by atoms with Gasteiger partial charge < -0.3 is 0 Å². The van der Waals surface area contributed by atoms with Crippen LogP contribution in [0.15, 0.2) is 84.9 Å². The van der Waals surface area contributed by atoms with Crippen molar-refractivity contribution in [2.45, 2.75) is 5.92 Å². The van der Waals surface area contributed by atoms with Crippen LogP contribution in [0.4, 0.5) is 5.69 Å². The summed E-state index contributed by atoms with van der Waals surface area (Å²) >= 11 is 0. The number of hydrogen-bond donors (Lipinski definition) is 2. The van der Waals surface area contributed by atoms with E-state index in [1.54, 1.807) is 0 Å². The van der Waals surface area contributed by atoms with Crippen molar-refractivity contribution in [2.24, 2.45) is 0 Å². The summed E-state index contributed by atoms with van der Waals surface area (Å²) in [5.74, 6) is 0.195. The molecule has 0 spiro atoms. The van der Waals surface area contributed by atoms with Gasteiger partial charge in [-0.05, 0) is 28.8 Å². The van der Waals surface area contributed by atoms with E-state index in [0.717, 1.165) is 0 Å². The first-order valence-electron chi connectivity index (χ1n) is 6.98. The quantitative estimate of drug-likeness (QED) is 0.536. The van der Waals surface area contributed by atoms with Gasteiger partial charge in [0.1, 0.15) is 0 Å². The lowest BCUT2D eigenvalue weighted by Gasteiger charge is -2.19. The summed E-state index contributed by atoms with van der Waals surface area (Å²) in [6, 6.07) is 28.8. The lowest BCUT2D eigenvalue weighted by Crippen LogP contribution is -2.03. The highest BCUT2D eigenvalue weighted by Crippen LogP contribution is 2.32. The molecule has 2 nitrogen and oxygen atoms in total. The highest BCUT2D eigenvalue weighted by molar-refractivity contribution is 5.48. The Hall–Kier alpha value is -2.58. The minimum atomic E-state index is 0.195. The minimum absolute atomic E-state index is 0.195. The lowest BCUT2D eigenvalue weighted by atomic mass is 9.85. The van der Waals surface area contributed by atoms with Crippen LogP contribution in [0.5, 0.6) is 0 Å². The Morgan fingerprint density at radius 2 is 1.00 bits per heavy atom. The summed E-state index contributed by atoms with van der Waals surface area (Å²) in [7, 11) is 0. The van der Waals surface area contributed by atoms with Crippen LogP contribution < -0.4 is 5.48 Å². The molecule has 0 amide bonds. The molecule has 2 heteroatoms. The zero-order valence-electron chi connectivity index (χ0n) is 11.6. The molecule has 0 aliphatic rings. The van der Waals surface area contributed by atoms with E-state index in [2.05, 4.69) is 54.0 Å². The van der Waals surface area contributed by atoms with Gasteiger partial charge in [0.2, 0.25) is 0 Å². The molecule has 0 bridgehead atoms. The second-order valence-corrected chi connectivity index (χ2v) is 4.99. The van der Waals surface area contributed by atoms with Crippen molar-refractivity contribution in [3.63, 3.8) is 0 Å². The Balaban J connectivity index is 2.07. The molecule has 0 aromatic heterocycles. The molecular formula is C19H17NO. The van der Waals surface area contributed by atoms with Crippen LogP contribution in [-0.4, -0.2) is 5.21 Å². The lowest BCUT2D eigenvalue weighted by molar-refractivity contribution is 0.389. The smallest absolute Gasteiger partial charge is 0.0602 e. The summed E-state index contributed by atoms with van der Waals surface area (Å²) in [6.45, 7) is 0. The second-order valence-electron chi connectivity index (χ2n) is 4.99. The van der Waals surface area contributed by atoms with E-state index >= 15 is 0 Å². The monoisotopic (exact) mass is 275 g/mol. The summed E-state index contributed by atoms with van der Waals surface area (Å²) in [5, 5.41) is 8.95. The van der Waals surface area contributed by atoms with Crippen molar-refractivity contribution in [3.05, 3.63) is 102 Å². The first-order valence-corrected chi connectivity index (χ1v) is 6.98. The molecule has 104 valence electrons. The standard InChI is InChI=1S/C19H17NO/c21-20-18-13-11-17(12-14-18)19(15-7-3-1-4-8-15)16-9-5-2-6-10-16/h1-14,19-21H. The largest absolute Gasteiger partial charge is 0.291 e. The predicted molar refractivity (Wildman–Crippen MR) is 85.7 cm³/mol. The van der Waals surface area contributed by atoms with Crippen molar-refractivity contribution in [3.8, 4) is 0 Å². The van der Waals surface area contributed by atoms with Crippen molar-refractivity contribution < 1.29 is 5.21 Å². The molecule has 0 saturated carbocycles. The maximum absolute atomic E-state index is 8.95. The van der Waals surface area contributed by atoms with Crippen molar-refractivity contribution in [1.82, 2.24) is 0 Å². The molecular weight excluding hydrogens is 258 g/mol. The van der Waals surface area contributed by atoms with Gasteiger partial charge >= 0.3 is 0 Å². The Morgan fingerprint density at radius 1 is 0.571 bits per heavy atom. The third-order valence-electron chi connectivity index (χ3n) is 3.64. The molecule has 21 heavy (non-hydrogen) atoms. The molecule has 0 unspecified atom stereocenters. The van der Waals surface area contributed by atoms with Crippen LogP contribution in [0.1, 0.15) is 22.6 Å². The topological polar surface area (TPSA) is 32.3 Å². The average molecular weight is 275 g/mol. The molecule has 0 heterocycles. The maximum atomic E-state index is 8.95. The summed E-state index contributed by atoms with van der Waals surface area (Å²) in [6.07, 6.45) is 0. The normalized spacial score (nSPS) is 10.6. The van der Waals surface area contributed by atoms with E-state index in [1.165, 1.54) is 16.7 Å². The van der Waals surface area contributed by atoms with Crippen LogP contribution in [0.3, 0.4) is 0 Å². The molecule has 0 fully saturated rings. The van der Waals surface area contributed by atoms with Crippen LogP contribution in [-0.2, 0) is 0 Å². The SMILES string of the molecule is ONc1ccc(C(c2ccccc2)c2ccccc2)cc1. The van der Waals surface area contributed by atoms with E-state index in [1.807, 2.05) is 36.4 Å². The Kier molecular flexibility index (Phi) is 3.99. The molecule has 0 aliphatic heterocycles. The van der Waals surface area contributed by atoms with Crippen LogP contribution in [0, 0.1) is 0 Å². The first kappa shape index (κ1) is 13.4. The second kappa shape index (κ2) is 6.25. The number of nitrogens with one attached hydrogen (secondary N) is 1. The molecule has 3 rings (SSSR count). The fourth-order valence-corrected chi connectivity index (χ4v) is 2.62. The van der Waals surface area contributed by atoms with Gasteiger partial charge in [-0.25, -0.2) is 0 Å². The van der Waals surface area contributed by atoms with Crippen molar-refractivity contribution in [1.29, 1.82) is 0 Å². The Bertz CT molecular complexity index is 638.